The summed E-state index contributed by atoms with van der Waals surface area (Å²) in [6.07, 6.45) is 0. The second kappa shape index (κ2) is 7.43. The average Bonchev–Trinajstić information content (AvgIpc) is 3.04. The number of para-hydroxylation sites is 1. The minimum atomic E-state index is -4.75. The normalized spacial score (nSPS) is 11.2. The van der Waals surface area contributed by atoms with Crippen molar-refractivity contribution in [3.05, 3.63) is 59.7 Å². The predicted octanol–water partition coefficient (Wildman–Crippen LogP) is 3.85. The number of amides is 1. The standard InChI is InChI=1S/C17H14FN3O4S2/c1-11(22)19-17-20-15(10-26-17)12-6-8-13(9-7-12)21(27(23,24)25)16-5-3-2-4-14(16)18/h2-10H,1H3,(H,19,20,22)(H,23,24,25). The lowest BCUT2D eigenvalue weighted by Crippen LogP contribution is -2.26. The summed E-state index contributed by atoms with van der Waals surface area (Å²) in [4.78, 5) is 15.3. The van der Waals surface area contributed by atoms with Gasteiger partial charge in [-0.3, -0.25) is 9.35 Å². The van der Waals surface area contributed by atoms with E-state index in [1.165, 1.54) is 48.6 Å². The highest BCUT2D eigenvalue weighted by molar-refractivity contribution is 7.87. The van der Waals surface area contributed by atoms with Gasteiger partial charge in [-0.15, -0.1) is 11.3 Å². The predicted molar refractivity (Wildman–Crippen MR) is 102 cm³/mol. The van der Waals surface area contributed by atoms with Crippen molar-refractivity contribution in [3.63, 3.8) is 0 Å². The number of nitrogens with zero attached hydrogens (tertiary/aromatic N) is 2. The molecule has 0 radical (unpaired) electrons. The lowest BCUT2D eigenvalue weighted by molar-refractivity contribution is -0.114. The highest BCUT2D eigenvalue weighted by Crippen LogP contribution is 2.32. The van der Waals surface area contributed by atoms with Gasteiger partial charge in [-0.1, -0.05) is 24.3 Å². The molecule has 0 fully saturated rings. The Labute approximate surface area is 159 Å². The Morgan fingerprint density at radius 2 is 1.85 bits per heavy atom. The molecule has 10 heteroatoms. The number of carbonyl (C=O) groups is 1. The van der Waals surface area contributed by atoms with Crippen molar-refractivity contribution < 1.29 is 22.2 Å². The molecule has 2 aromatic carbocycles. The van der Waals surface area contributed by atoms with Gasteiger partial charge in [0.2, 0.25) is 5.91 Å². The van der Waals surface area contributed by atoms with Gasteiger partial charge in [-0.2, -0.15) is 8.42 Å². The number of anilines is 3. The number of hydrogen-bond donors (Lipinski definition) is 2. The summed E-state index contributed by atoms with van der Waals surface area (Å²) < 4.78 is 47.7. The topological polar surface area (TPSA) is 99.6 Å². The van der Waals surface area contributed by atoms with Crippen LogP contribution in [-0.4, -0.2) is 23.9 Å². The van der Waals surface area contributed by atoms with E-state index in [1.54, 1.807) is 17.5 Å². The fourth-order valence-electron chi connectivity index (χ4n) is 2.39. The second-order valence-electron chi connectivity index (χ2n) is 5.46. The summed E-state index contributed by atoms with van der Waals surface area (Å²) >= 11 is 1.25. The van der Waals surface area contributed by atoms with Gasteiger partial charge >= 0.3 is 10.3 Å². The van der Waals surface area contributed by atoms with E-state index < -0.39 is 16.1 Å². The molecule has 0 bridgehead atoms. The van der Waals surface area contributed by atoms with Crippen LogP contribution in [0.25, 0.3) is 11.3 Å². The van der Waals surface area contributed by atoms with E-state index in [0.717, 1.165) is 6.07 Å². The SMILES string of the molecule is CC(=O)Nc1nc(-c2ccc(N(c3ccccc3F)S(=O)(=O)O)cc2)cs1. The molecule has 1 amide bonds. The van der Waals surface area contributed by atoms with Crippen LogP contribution < -0.4 is 9.62 Å². The largest absolute Gasteiger partial charge is 0.364 e. The lowest BCUT2D eigenvalue weighted by Gasteiger charge is -2.21. The van der Waals surface area contributed by atoms with E-state index in [0.29, 0.717) is 20.7 Å². The number of thiazole rings is 1. The van der Waals surface area contributed by atoms with Gasteiger partial charge in [0.05, 0.1) is 17.1 Å². The molecule has 140 valence electrons. The van der Waals surface area contributed by atoms with E-state index >= 15 is 0 Å². The van der Waals surface area contributed by atoms with Crippen LogP contribution in [0.2, 0.25) is 0 Å². The highest BCUT2D eigenvalue weighted by Gasteiger charge is 2.24. The van der Waals surface area contributed by atoms with Crippen LogP contribution in [-0.2, 0) is 15.1 Å². The summed E-state index contributed by atoms with van der Waals surface area (Å²) in [7, 11) is -4.75. The molecule has 2 N–H and O–H groups in total. The minimum Gasteiger partial charge on any atom is -0.302 e. The second-order valence-corrected chi connectivity index (χ2v) is 7.58. The van der Waals surface area contributed by atoms with Crippen LogP contribution in [0.4, 0.5) is 20.9 Å². The van der Waals surface area contributed by atoms with E-state index in [9.17, 15) is 22.2 Å². The summed E-state index contributed by atoms with van der Waals surface area (Å²) in [6.45, 7) is 1.38. The summed E-state index contributed by atoms with van der Waals surface area (Å²) in [5.41, 5.74) is 1.01. The zero-order valence-corrected chi connectivity index (χ0v) is 15.6. The molecule has 0 saturated carbocycles. The third-order valence-electron chi connectivity index (χ3n) is 3.49. The molecule has 27 heavy (non-hydrogen) atoms. The first-order valence-electron chi connectivity index (χ1n) is 7.61. The third-order valence-corrected chi connectivity index (χ3v) is 5.11. The van der Waals surface area contributed by atoms with Crippen LogP contribution >= 0.6 is 11.3 Å². The molecule has 0 saturated heterocycles. The molecule has 3 aromatic rings. The van der Waals surface area contributed by atoms with E-state index in [2.05, 4.69) is 10.3 Å². The molecule has 1 heterocycles. The smallest absolute Gasteiger partial charge is 0.302 e. The van der Waals surface area contributed by atoms with Gasteiger partial charge in [0.25, 0.3) is 0 Å². The van der Waals surface area contributed by atoms with Gasteiger partial charge in [0.1, 0.15) is 5.82 Å². The zero-order valence-electron chi connectivity index (χ0n) is 14.0. The van der Waals surface area contributed by atoms with Crippen molar-refractivity contribution in [2.24, 2.45) is 0 Å². The zero-order chi connectivity index (χ0) is 19.6. The third kappa shape index (κ3) is 4.30. The molecule has 7 nitrogen and oxygen atoms in total. The van der Waals surface area contributed by atoms with Crippen molar-refractivity contribution in [2.75, 3.05) is 9.62 Å². The fraction of sp³-hybridized carbons (Fsp3) is 0.0588. The number of aromatic nitrogens is 1. The molecule has 0 spiro atoms. The Morgan fingerprint density at radius 1 is 1.19 bits per heavy atom. The molecule has 0 unspecified atom stereocenters. The van der Waals surface area contributed by atoms with Crippen molar-refractivity contribution in [1.29, 1.82) is 0 Å². The van der Waals surface area contributed by atoms with E-state index in [-0.39, 0.29) is 17.3 Å². The monoisotopic (exact) mass is 407 g/mol. The van der Waals surface area contributed by atoms with E-state index in [4.69, 9.17) is 0 Å². The molecule has 0 aliphatic heterocycles. The summed E-state index contributed by atoms with van der Waals surface area (Å²) in [6, 6.07) is 11.2. The lowest BCUT2D eigenvalue weighted by atomic mass is 10.1. The highest BCUT2D eigenvalue weighted by atomic mass is 32.2. The van der Waals surface area contributed by atoms with Gasteiger partial charge in [-0.25, -0.2) is 13.7 Å². The first-order valence-corrected chi connectivity index (χ1v) is 9.89. The first kappa shape index (κ1) is 19.0. The first-order chi connectivity index (χ1) is 12.8. The number of benzene rings is 2. The average molecular weight is 407 g/mol. The number of nitrogens with one attached hydrogen (secondary N) is 1. The summed E-state index contributed by atoms with van der Waals surface area (Å²) in [5.74, 6) is -1.03. The van der Waals surface area contributed by atoms with Crippen LogP contribution in [0, 0.1) is 5.82 Å². The Morgan fingerprint density at radius 3 is 2.44 bits per heavy atom. The maximum atomic E-state index is 14.0. The molecule has 0 aliphatic rings. The van der Waals surface area contributed by atoms with Gasteiger partial charge in [0.15, 0.2) is 5.13 Å². The Bertz CT molecular complexity index is 1080. The molecule has 3 rings (SSSR count). The minimum absolute atomic E-state index is 0.0589. The van der Waals surface area contributed by atoms with Crippen molar-refractivity contribution in [1.82, 2.24) is 4.98 Å². The van der Waals surface area contributed by atoms with E-state index in [1.807, 2.05) is 0 Å². The van der Waals surface area contributed by atoms with Crippen LogP contribution in [0.1, 0.15) is 6.92 Å². The number of carbonyl (C=O) groups excluding carboxylic acids is 1. The van der Waals surface area contributed by atoms with Gasteiger partial charge in [0, 0.05) is 17.9 Å². The van der Waals surface area contributed by atoms with Crippen molar-refractivity contribution >= 4 is 44.1 Å². The maximum absolute atomic E-state index is 14.0. The molecule has 1 aromatic heterocycles. The van der Waals surface area contributed by atoms with Crippen LogP contribution in [0.3, 0.4) is 0 Å². The van der Waals surface area contributed by atoms with Crippen molar-refractivity contribution in [3.8, 4) is 11.3 Å². The molecular formula is C17H14FN3O4S2. The molecular weight excluding hydrogens is 393 g/mol. The number of halogens is 1. The van der Waals surface area contributed by atoms with Gasteiger partial charge in [-0.05, 0) is 24.3 Å². The fourth-order valence-corrected chi connectivity index (χ4v) is 3.95. The Hall–Kier alpha value is -2.82. The quantitative estimate of drug-likeness (QED) is 0.626. The molecule has 0 atom stereocenters. The number of rotatable bonds is 5. The van der Waals surface area contributed by atoms with Crippen LogP contribution in [0.5, 0.6) is 0 Å². The summed E-state index contributed by atoms with van der Waals surface area (Å²) in [5, 5.41) is 4.75. The molecule has 0 aliphatic carbocycles. The van der Waals surface area contributed by atoms with Crippen molar-refractivity contribution in [2.45, 2.75) is 6.92 Å². The van der Waals surface area contributed by atoms with Gasteiger partial charge < -0.3 is 5.32 Å². The Kier molecular flexibility index (Phi) is 5.22. The van der Waals surface area contributed by atoms with Crippen LogP contribution in [0.15, 0.2) is 53.9 Å². The maximum Gasteiger partial charge on any atom is 0.364 e. The number of hydrogen-bond acceptors (Lipinski definition) is 5. The Balaban J connectivity index is 1.96.